The minimum absolute atomic E-state index is 0.0377. The standard InChI is InChI=1S/C26H25BrN2O7S/c1-6-36-25(32)21-13(2)28-26-29(22(21)15-7-8-17(33-3)18(12-15)34-4)24(31)20(37-26)11-14-9-16(27)23(30)19(10-14)35-5/h7-12,22,30H,6H2,1-5H3/t22-/m1/s1. The summed E-state index contributed by atoms with van der Waals surface area (Å²) < 4.78 is 23.7. The summed E-state index contributed by atoms with van der Waals surface area (Å²) in [6.07, 6.45) is 1.69. The van der Waals surface area contributed by atoms with Crippen LogP contribution in [0.25, 0.3) is 6.08 Å². The molecule has 0 aliphatic carbocycles. The zero-order chi connectivity index (χ0) is 26.9. The van der Waals surface area contributed by atoms with E-state index in [1.54, 1.807) is 50.3 Å². The topological polar surface area (TPSA) is 109 Å². The van der Waals surface area contributed by atoms with Crippen LogP contribution in [0.4, 0.5) is 0 Å². The minimum Gasteiger partial charge on any atom is -0.503 e. The number of carbonyl (C=O) groups excluding carboxylic acids is 1. The van der Waals surface area contributed by atoms with Gasteiger partial charge in [0.25, 0.3) is 5.56 Å². The Bertz CT molecular complexity index is 1590. The van der Waals surface area contributed by atoms with Crippen molar-refractivity contribution in [2.45, 2.75) is 19.9 Å². The first-order chi connectivity index (χ1) is 17.7. The molecule has 1 N–H and O–H groups in total. The molecule has 11 heteroatoms. The second-order valence-corrected chi connectivity index (χ2v) is 9.83. The molecule has 1 aromatic heterocycles. The number of hydrogen-bond donors (Lipinski definition) is 1. The maximum Gasteiger partial charge on any atom is 0.338 e. The number of methoxy groups -OCH3 is 3. The van der Waals surface area contributed by atoms with E-state index in [1.807, 2.05) is 0 Å². The van der Waals surface area contributed by atoms with Crippen LogP contribution in [-0.2, 0) is 9.53 Å². The summed E-state index contributed by atoms with van der Waals surface area (Å²) in [5.41, 5.74) is 1.66. The Labute approximate surface area is 225 Å². The molecule has 0 saturated carbocycles. The van der Waals surface area contributed by atoms with Crippen LogP contribution in [0.3, 0.4) is 0 Å². The van der Waals surface area contributed by atoms with Gasteiger partial charge >= 0.3 is 5.97 Å². The molecule has 37 heavy (non-hydrogen) atoms. The van der Waals surface area contributed by atoms with Gasteiger partial charge < -0.3 is 24.1 Å². The number of ether oxygens (including phenoxy) is 4. The van der Waals surface area contributed by atoms with E-state index in [0.29, 0.717) is 42.1 Å². The molecule has 0 spiro atoms. The maximum absolute atomic E-state index is 13.8. The summed E-state index contributed by atoms with van der Waals surface area (Å²) in [6, 6.07) is 7.75. The van der Waals surface area contributed by atoms with Gasteiger partial charge in [-0.25, -0.2) is 9.79 Å². The van der Waals surface area contributed by atoms with Gasteiger partial charge in [0.2, 0.25) is 0 Å². The second kappa shape index (κ2) is 10.8. The average molecular weight is 589 g/mol. The first-order valence-electron chi connectivity index (χ1n) is 11.2. The molecule has 0 radical (unpaired) electrons. The lowest BCUT2D eigenvalue weighted by atomic mass is 9.95. The van der Waals surface area contributed by atoms with Gasteiger partial charge in [-0.05, 0) is 71.2 Å². The maximum atomic E-state index is 13.8. The van der Waals surface area contributed by atoms with E-state index in [9.17, 15) is 14.7 Å². The van der Waals surface area contributed by atoms with Crippen LogP contribution < -0.4 is 29.1 Å². The Morgan fingerprint density at radius 3 is 2.49 bits per heavy atom. The number of aromatic hydroxyl groups is 1. The number of allylic oxidation sites excluding steroid dienone is 1. The van der Waals surface area contributed by atoms with Crippen molar-refractivity contribution < 1.29 is 28.8 Å². The second-order valence-electron chi connectivity index (χ2n) is 7.97. The number of carbonyl (C=O) groups is 1. The van der Waals surface area contributed by atoms with E-state index in [0.717, 1.165) is 0 Å². The van der Waals surface area contributed by atoms with Gasteiger partial charge in [-0.2, -0.15) is 0 Å². The van der Waals surface area contributed by atoms with Crippen molar-refractivity contribution >= 4 is 39.3 Å². The molecule has 0 bridgehead atoms. The van der Waals surface area contributed by atoms with Crippen molar-refractivity contribution in [3.8, 4) is 23.0 Å². The first-order valence-corrected chi connectivity index (χ1v) is 12.8. The lowest BCUT2D eigenvalue weighted by Gasteiger charge is -2.25. The third-order valence-electron chi connectivity index (χ3n) is 5.81. The molecule has 0 fully saturated rings. The molecule has 0 unspecified atom stereocenters. The molecule has 1 aliphatic heterocycles. The summed E-state index contributed by atoms with van der Waals surface area (Å²) in [4.78, 5) is 31.9. The van der Waals surface area contributed by atoms with Crippen LogP contribution in [0, 0.1) is 0 Å². The number of thiazole rings is 1. The zero-order valence-corrected chi connectivity index (χ0v) is 23.2. The van der Waals surface area contributed by atoms with Crippen LogP contribution in [0.15, 0.2) is 55.9 Å². The highest BCUT2D eigenvalue weighted by atomic mass is 79.9. The van der Waals surface area contributed by atoms with Crippen molar-refractivity contribution in [2.24, 2.45) is 4.99 Å². The number of aromatic nitrogens is 1. The smallest absolute Gasteiger partial charge is 0.338 e. The van der Waals surface area contributed by atoms with Crippen LogP contribution in [-0.4, -0.2) is 43.6 Å². The minimum atomic E-state index is -0.793. The molecule has 1 atom stereocenters. The van der Waals surface area contributed by atoms with Crippen molar-refractivity contribution in [3.63, 3.8) is 0 Å². The van der Waals surface area contributed by atoms with Crippen molar-refractivity contribution in [1.82, 2.24) is 4.57 Å². The lowest BCUT2D eigenvalue weighted by molar-refractivity contribution is -0.139. The predicted octanol–water partition coefficient (Wildman–Crippen LogP) is 3.29. The third kappa shape index (κ3) is 4.88. The highest BCUT2D eigenvalue weighted by Crippen LogP contribution is 2.37. The van der Waals surface area contributed by atoms with E-state index in [2.05, 4.69) is 20.9 Å². The molecule has 0 amide bonds. The number of esters is 1. The Balaban J connectivity index is 1.97. The number of nitrogens with zero attached hydrogens (tertiary/aromatic N) is 2. The summed E-state index contributed by atoms with van der Waals surface area (Å²) in [7, 11) is 4.50. The predicted molar refractivity (Wildman–Crippen MR) is 142 cm³/mol. The fourth-order valence-corrected chi connectivity index (χ4v) is 5.62. The monoisotopic (exact) mass is 588 g/mol. The van der Waals surface area contributed by atoms with E-state index in [-0.39, 0.29) is 29.2 Å². The number of fused-ring (bicyclic) bond motifs is 1. The largest absolute Gasteiger partial charge is 0.503 e. The first kappa shape index (κ1) is 26.5. The summed E-state index contributed by atoms with van der Waals surface area (Å²) in [5.74, 6) is 0.649. The van der Waals surface area contributed by atoms with Gasteiger partial charge in [0.1, 0.15) is 0 Å². The highest BCUT2D eigenvalue weighted by molar-refractivity contribution is 9.10. The molecule has 4 rings (SSSR count). The highest BCUT2D eigenvalue weighted by Gasteiger charge is 2.34. The Morgan fingerprint density at radius 2 is 1.84 bits per heavy atom. The van der Waals surface area contributed by atoms with Crippen molar-refractivity contribution in [1.29, 1.82) is 0 Å². The average Bonchev–Trinajstić information content (AvgIpc) is 3.18. The van der Waals surface area contributed by atoms with E-state index >= 15 is 0 Å². The summed E-state index contributed by atoms with van der Waals surface area (Å²) in [5, 5.41) is 10.1. The number of phenolic OH excluding ortho intramolecular Hbond substituents is 1. The Morgan fingerprint density at radius 1 is 1.14 bits per heavy atom. The summed E-state index contributed by atoms with van der Waals surface area (Å²) >= 11 is 4.50. The lowest BCUT2D eigenvalue weighted by Crippen LogP contribution is -2.40. The normalized spacial score (nSPS) is 15.2. The SMILES string of the molecule is CCOC(=O)C1=C(C)N=c2sc(=Cc3cc(Br)c(O)c(OC)c3)c(=O)n2[C@@H]1c1ccc(OC)c(OC)c1. The number of rotatable bonds is 7. The van der Waals surface area contributed by atoms with E-state index < -0.39 is 12.0 Å². The summed E-state index contributed by atoms with van der Waals surface area (Å²) in [6.45, 7) is 3.62. The van der Waals surface area contributed by atoms with Crippen LogP contribution in [0.2, 0.25) is 0 Å². The van der Waals surface area contributed by atoms with Gasteiger partial charge in [-0.3, -0.25) is 9.36 Å². The molecule has 0 saturated heterocycles. The number of halogens is 1. The van der Waals surface area contributed by atoms with Gasteiger partial charge in [0, 0.05) is 0 Å². The van der Waals surface area contributed by atoms with Gasteiger partial charge in [0.15, 0.2) is 27.8 Å². The molecular weight excluding hydrogens is 564 g/mol. The fourth-order valence-electron chi connectivity index (χ4n) is 4.11. The number of benzene rings is 2. The van der Waals surface area contributed by atoms with Gasteiger partial charge in [-0.1, -0.05) is 17.4 Å². The number of hydrogen-bond acceptors (Lipinski definition) is 9. The Hall–Kier alpha value is -3.57. The Kier molecular flexibility index (Phi) is 7.74. The van der Waals surface area contributed by atoms with Crippen LogP contribution >= 0.6 is 27.3 Å². The zero-order valence-electron chi connectivity index (χ0n) is 20.8. The van der Waals surface area contributed by atoms with Crippen molar-refractivity contribution in [3.05, 3.63) is 76.9 Å². The molecule has 194 valence electrons. The van der Waals surface area contributed by atoms with Crippen LogP contribution in [0.1, 0.15) is 31.0 Å². The molecule has 2 heterocycles. The fraction of sp³-hybridized carbons (Fsp3) is 0.269. The van der Waals surface area contributed by atoms with Crippen molar-refractivity contribution in [2.75, 3.05) is 27.9 Å². The molecule has 1 aliphatic rings. The molecular formula is C26H25BrN2O7S. The van der Waals surface area contributed by atoms with E-state index in [4.69, 9.17) is 18.9 Å². The molecule has 9 nitrogen and oxygen atoms in total. The van der Waals surface area contributed by atoms with E-state index in [1.165, 1.54) is 37.2 Å². The molecule has 2 aromatic carbocycles. The van der Waals surface area contributed by atoms with Crippen LogP contribution in [0.5, 0.6) is 23.0 Å². The number of phenols is 1. The van der Waals surface area contributed by atoms with Gasteiger partial charge in [-0.15, -0.1) is 0 Å². The van der Waals surface area contributed by atoms with Gasteiger partial charge in [0.05, 0.1) is 54.3 Å². The molecule has 3 aromatic rings. The third-order valence-corrected chi connectivity index (χ3v) is 7.40. The quantitative estimate of drug-likeness (QED) is 0.422.